The molecule has 364 valence electrons. The van der Waals surface area contributed by atoms with Crippen LogP contribution >= 0.6 is 0 Å². The molecule has 2 aliphatic carbocycles. The first-order chi connectivity index (χ1) is 29.4. The Morgan fingerprint density at radius 1 is 0.571 bits per heavy atom. The van der Waals surface area contributed by atoms with Crippen LogP contribution in [0.3, 0.4) is 0 Å². The molecule has 2 aliphatic rings. The molecule has 0 aliphatic heterocycles. The molecule has 63 heavy (non-hydrogen) atoms. The van der Waals surface area contributed by atoms with Crippen LogP contribution in [0, 0.1) is 33.0 Å². The molecule has 0 aromatic carbocycles. The summed E-state index contributed by atoms with van der Waals surface area (Å²) in [6, 6.07) is -0.0236. The lowest BCUT2D eigenvalue weighted by atomic mass is 9.60. The van der Waals surface area contributed by atoms with Crippen LogP contribution in [0.4, 0.5) is 4.79 Å². The second-order valence-corrected chi connectivity index (χ2v) is 21.8. The fourth-order valence-corrected chi connectivity index (χ4v) is 10.1. The van der Waals surface area contributed by atoms with Gasteiger partial charge < -0.3 is 39.1 Å². The third-order valence-electron chi connectivity index (χ3n) is 12.2. The van der Waals surface area contributed by atoms with Crippen LogP contribution in [0.15, 0.2) is 0 Å². The van der Waals surface area contributed by atoms with Crippen LogP contribution < -0.4 is 10.6 Å². The lowest BCUT2D eigenvalue weighted by molar-refractivity contribution is -0.153. The highest BCUT2D eigenvalue weighted by atomic mass is 16.6. The molecule has 4 atom stereocenters. The predicted octanol–water partition coefficient (Wildman–Crippen LogP) is 9.18. The molecule has 2 amide bonds. The summed E-state index contributed by atoms with van der Waals surface area (Å²) in [6.07, 6.45) is 12.4. The van der Waals surface area contributed by atoms with Crippen LogP contribution in [0.2, 0.25) is 0 Å². The SMILES string of the molecule is COCCCCOC(=O)NC1CC(C)(C)CC(C)(CCC(=O)OCCCCCC(=O)OCC(C)(C)COC(=O)CCCCCOC(=O)CC2CC(C)(C)CC(C)(CNC(C)=O)C2)C1. The summed E-state index contributed by atoms with van der Waals surface area (Å²) in [5.74, 6) is -0.893. The average Bonchev–Trinajstić information content (AvgIpc) is 3.16. The largest absolute Gasteiger partial charge is 0.466 e. The second kappa shape index (κ2) is 27.1. The maximum atomic E-state index is 12.6. The Bertz CT molecular complexity index is 1450. The number of methoxy groups -OCH3 is 1. The minimum atomic E-state index is -0.541. The number of amides is 2. The highest BCUT2D eigenvalue weighted by Gasteiger charge is 2.43. The van der Waals surface area contributed by atoms with Crippen LogP contribution in [0.25, 0.3) is 0 Å². The van der Waals surface area contributed by atoms with Crippen molar-refractivity contribution < 1.29 is 57.2 Å². The smallest absolute Gasteiger partial charge is 0.407 e. The molecule has 0 spiro atoms. The number of hydrogen-bond acceptors (Lipinski definition) is 12. The zero-order valence-electron chi connectivity index (χ0n) is 40.9. The minimum Gasteiger partial charge on any atom is -0.466 e. The highest BCUT2D eigenvalue weighted by Crippen LogP contribution is 2.50. The Kier molecular flexibility index (Phi) is 24.0. The van der Waals surface area contributed by atoms with Crippen molar-refractivity contribution in [3.8, 4) is 0 Å². The van der Waals surface area contributed by atoms with Gasteiger partial charge in [0, 0.05) is 64.3 Å². The predicted molar refractivity (Wildman–Crippen MR) is 241 cm³/mol. The van der Waals surface area contributed by atoms with E-state index in [0.29, 0.717) is 84.3 Å². The number of nitrogens with one attached hydrogen (secondary N) is 2. The van der Waals surface area contributed by atoms with Crippen molar-refractivity contribution in [3.63, 3.8) is 0 Å². The Morgan fingerprint density at radius 3 is 1.67 bits per heavy atom. The normalized spacial score (nSPS) is 22.9. The van der Waals surface area contributed by atoms with E-state index in [0.717, 1.165) is 57.8 Å². The van der Waals surface area contributed by atoms with Crippen LogP contribution in [0.5, 0.6) is 0 Å². The maximum Gasteiger partial charge on any atom is 0.407 e. The molecule has 0 aromatic heterocycles. The monoisotopic (exact) mass is 895 g/mol. The summed E-state index contributed by atoms with van der Waals surface area (Å²) in [5, 5.41) is 6.01. The third-order valence-corrected chi connectivity index (χ3v) is 12.2. The molecule has 0 bridgehead atoms. The van der Waals surface area contributed by atoms with E-state index in [1.807, 2.05) is 13.8 Å². The maximum absolute atomic E-state index is 12.6. The quantitative estimate of drug-likeness (QED) is 0.0413. The van der Waals surface area contributed by atoms with Gasteiger partial charge in [-0.2, -0.15) is 0 Å². The topological polar surface area (TPSA) is 182 Å². The Hall–Kier alpha value is -3.42. The van der Waals surface area contributed by atoms with Gasteiger partial charge in [0.1, 0.15) is 0 Å². The molecule has 2 saturated carbocycles. The molecule has 0 aromatic rings. The lowest BCUT2D eigenvalue weighted by Gasteiger charge is -2.46. The van der Waals surface area contributed by atoms with Gasteiger partial charge in [-0.25, -0.2) is 4.79 Å². The number of alkyl carbamates (subject to hydrolysis) is 1. The molecule has 14 nitrogen and oxygen atoms in total. The minimum absolute atomic E-state index is 0.0103. The summed E-state index contributed by atoms with van der Waals surface area (Å²) in [7, 11) is 1.65. The number of esters is 4. The fraction of sp³-hybridized carbons (Fsp3) is 0.878. The van der Waals surface area contributed by atoms with Crippen molar-refractivity contribution in [1.82, 2.24) is 10.6 Å². The molecule has 2 N–H and O–H groups in total. The number of unbranched alkanes of at least 4 members (excludes halogenated alkanes) is 5. The first-order valence-electron chi connectivity index (χ1n) is 23.7. The summed E-state index contributed by atoms with van der Waals surface area (Å²) in [6.45, 7) is 21.0. The average molecular weight is 895 g/mol. The number of rotatable bonds is 29. The van der Waals surface area contributed by atoms with Crippen LogP contribution in [0.1, 0.15) is 184 Å². The molecule has 2 fully saturated rings. The fourth-order valence-electron chi connectivity index (χ4n) is 10.1. The van der Waals surface area contributed by atoms with Gasteiger partial charge in [-0.15, -0.1) is 0 Å². The van der Waals surface area contributed by atoms with Gasteiger partial charge in [0.05, 0.1) is 33.0 Å². The van der Waals surface area contributed by atoms with Crippen molar-refractivity contribution >= 4 is 35.9 Å². The van der Waals surface area contributed by atoms with Gasteiger partial charge in [-0.1, -0.05) is 55.4 Å². The van der Waals surface area contributed by atoms with E-state index in [2.05, 4.69) is 52.2 Å². The van der Waals surface area contributed by atoms with Crippen molar-refractivity contribution in [2.45, 2.75) is 190 Å². The van der Waals surface area contributed by atoms with E-state index < -0.39 is 11.5 Å². The van der Waals surface area contributed by atoms with Gasteiger partial charge in [0.25, 0.3) is 0 Å². The number of carbonyl (C=O) groups is 6. The molecule has 4 unspecified atom stereocenters. The Labute approximate surface area is 379 Å². The van der Waals surface area contributed by atoms with Crippen molar-refractivity contribution in [1.29, 1.82) is 0 Å². The van der Waals surface area contributed by atoms with E-state index in [9.17, 15) is 28.8 Å². The number of ether oxygens (including phenoxy) is 6. The first-order valence-corrected chi connectivity index (χ1v) is 23.7. The summed E-state index contributed by atoms with van der Waals surface area (Å²) in [5.41, 5.74) is -0.625. The van der Waals surface area contributed by atoms with Crippen molar-refractivity contribution in [2.24, 2.45) is 33.0 Å². The molecule has 0 radical (unpaired) electrons. The van der Waals surface area contributed by atoms with E-state index >= 15 is 0 Å². The number of hydrogen-bond donors (Lipinski definition) is 2. The van der Waals surface area contributed by atoms with Gasteiger partial charge in [-0.3, -0.25) is 24.0 Å². The van der Waals surface area contributed by atoms with E-state index in [1.54, 1.807) is 7.11 Å². The van der Waals surface area contributed by atoms with Gasteiger partial charge in [0.15, 0.2) is 0 Å². The first kappa shape index (κ1) is 55.7. The molecule has 14 heteroatoms. The molecule has 2 rings (SSSR count). The highest BCUT2D eigenvalue weighted by molar-refractivity contribution is 5.73. The number of carbonyl (C=O) groups excluding carboxylic acids is 6. The lowest BCUT2D eigenvalue weighted by Crippen LogP contribution is -2.47. The Balaban J connectivity index is 1.52. The summed E-state index contributed by atoms with van der Waals surface area (Å²) < 4.78 is 32.4. The molecular weight excluding hydrogens is 809 g/mol. The summed E-state index contributed by atoms with van der Waals surface area (Å²) >= 11 is 0. The van der Waals surface area contributed by atoms with Gasteiger partial charge in [0.2, 0.25) is 5.91 Å². The van der Waals surface area contributed by atoms with Crippen LogP contribution in [-0.2, 0) is 52.4 Å². The van der Waals surface area contributed by atoms with E-state index in [-0.39, 0.29) is 89.5 Å². The molecule has 0 saturated heterocycles. The van der Waals surface area contributed by atoms with E-state index in [1.165, 1.54) is 6.92 Å². The summed E-state index contributed by atoms with van der Waals surface area (Å²) in [4.78, 5) is 74.0. The van der Waals surface area contributed by atoms with Crippen molar-refractivity contribution in [3.05, 3.63) is 0 Å². The standard InChI is InChI=1S/C49H86N2O12/c1-37(52)50-34-49(9)29-38(28-45(2,3)33-49)27-43(56)60-25-16-12-14-20-41(54)63-36-47(6,7)35-62-40(53)19-13-11-15-24-59-42(55)21-22-48(8)31-39(30-46(4,5)32-48)51-44(57)61-26-18-17-23-58-10/h38-39H,11-36H2,1-10H3,(H,50,52)(H,51,57). The molecule has 0 heterocycles. The van der Waals surface area contributed by atoms with Gasteiger partial charge in [-0.05, 0) is 124 Å². The van der Waals surface area contributed by atoms with E-state index in [4.69, 9.17) is 28.4 Å². The second-order valence-electron chi connectivity index (χ2n) is 21.8. The third kappa shape index (κ3) is 25.6. The molecular formula is C49H86N2O12. The Morgan fingerprint density at radius 2 is 1.08 bits per heavy atom. The van der Waals surface area contributed by atoms with Crippen molar-refractivity contribution in [2.75, 3.05) is 53.3 Å². The zero-order valence-corrected chi connectivity index (χ0v) is 40.9. The van der Waals surface area contributed by atoms with Gasteiger partial charge >= 0.3 is 30.0 Å². The zero-order chi connectivity index (χ0) is 47.2. The van der Waals surface area contributed by atoms with Crippen LogP contribution in [-0.4, -0.2) is 95.2 Å².